The van der Waals surface area contributed by atoms with Crippen LogP contribution in [0, 0.1) is 0 Å². The highest BCUT2D eigenvalue weighted by atomic mass is 16.6. The fourth-order valence-electron chi connectivity index (χ4n) is 2.08. The first kappa shape index (κ1) is 9.97. The van der Waals surface area contributed by atoms with Crippen LogP contribution in [0.2, 0.25) is 0 Å². The van der Waals surface area contributed by atoms with Crippen LogP contribution in [0.1, 0.15) is 12.8 Å². The summed E-state index contributed by atoms with van der Waals surface area (Å²) in [5, 5.41) is 0. The van der Waals surface area contributed by atoms with Crippen molar-refractivity contribution in [3.8, 4) is 5.75 Å². The lowest BCUT2D eigenvalue weighted by Gasteiger charge is -2.17. The normalized spacial score (nSPS) is 23.5. The average Bonchev–Trinajstić information content (AvgIpc) is 3.00. The molecule has 0 radical (unpaired) electrons. The maximum atomic E-state index is 5.60. The van der Waals surface area contributed by atoms with Gasteiger partial charge in [-0.15, -0.1) is 0 Å². The molecule has 16 heavy (non-hydrogen) atoms. The minimum Gasteiger partial charge on any atom is -0.491 e. The summed E-state index contributed by atoms with van der Waals surface area (Å²) < 4.78 is 10.7. The molecule has 0 bridgehead atoms. The first-order valence-corrected chi connectivity index (χ1v) is 6.01. The molecule has 1 aromatic rings. The van der Waals surface area contributed by atoms with Crippen molar-refractivity contribution in [3.05, 3.63) is 24.3 Å². The standard InChI is InChI=1S/C13H17NO2/c1-2-8-14(7-1)11-3-5-12(6-4-11)15-9-13-10-16-13/h3-6,13H,1-2,7-10H2. The Morgan fingerprint density at radius 3 is 2.50 bits per heavy atom. The van der Waals surface area contributed by atoms with Crippen molar-refractivity contribution >= 4 is 5.69 Å². The van der Waals surface area contributed by atoms with Gasteiger partial charge in [0.05, 0.1) is 6.61 Å². The summed E-state index contributed by atoms with van der Waals surface area (Å²) in [6.07, 6.45) is 2.97. The van der Waals surface area contributed by atoms with Crippen LogP contribution in [0.25, 0.3) is 0 Å². The van der Waals surface area contributed by atoms with Gasteiger partial charge >= 0.3 is 0 Å². The molecule has 2 aliphatic heterocycles. The highest BCUT2D eigenvalue weighted by Crippen LogP contribution is 2.23. The van der Waals surface area contributed by atoms with Gasteiger partial charge in [-0.1, -0.05) is 0 Å². The fourth-order valence-corrected chi connectivity index (χ4v) is 2.08. The predicted molar refractivity (Wildman–Crippen MR) is 63.1 cm³/mol. The molecule has 3 heteroatoms. The smallest absolute Gasteiger partial charge is 0.119 e. The van der Waals surface area contributed by atoms with E-state index < -0.39 is 0 Å². The maximum Gasteiger partial charge on any atom is 0.119 e. The van der Waals surface area contributed by atoms with Crippen molar-refractivity contribution in [2.75, 3.05) is 31.2 Å². The van der Waals surface area contributed by atoms with Gasteiger partial charge in [-0.3, -0.25) is 0 Å². The SMILES string of the molecule is c1cc(N2CCCC2)ccc1OCC1CO1. The van der Waals surface area contributed by atoms with Gasteiger partial charge in [-0.2, -0.15) is 0 Å². The molecule has 0 spiro atoms. The summed E-state index contributed by atoms with van der Waals surface area (Å²) in [6.45, 7) is 3.92. The highest BCUT2D eigenvalue weighted by molar-refractivity contribution is 5.49. The van der Waals surface area contributed by atoms with Crippen LogP contribution < -0.4 is 9.64 Å². The van der Waals surface area contributed by atoms with Gasteiger partial charge in [0, 0.05) is 18.8 Å². The van der Waals surface area contributed by atoms with Crippen LogP contribution in [0.3, 0.4) is 0 Å². The first-order chi connectivity index (χ1) is 7.92. The second kappa shape index (κ2) is 4.34. The molecule has 1 atom stereocenters. The molecule has 2 fully saturated rings. The van der Waals surface area contributed by atoms with E-state index in [0.717, 1.165) is 12.4 Å². The quantitative estimate of drug-likeness (QED) is 0.725. The lowest BCUT2D eigenvalue weighted by molar-refractivity contribution is 0.263. The van der Waals surface area contributed by atoms with Crippen molar-refractivity contribution in [2.24, 2.45) is 0 Å². The number of nitrogens with zero attached hydrogens (tertiary/aromatic N) is 1. The monoisotopic (exact) mass is 219 g/mol. The Bertz CT molecular complexity index is 339. The van der Waals surface area contributed by atoms with Gasteiger partial charge in [0.15, 0.2) is 0 Å². The summed E-state index contributed by atoms with van der Waals surface area (Å²) in [7, 11) is 0. The second-order valence-electron chi connectivity index (χ2n) is 4.45. The van der Waals surface area contributed by atoms with Crippen molar-refractivity contribution in [1.29, 1.82) is 0 Å². The number of hydrogen-bond donors (Lipinski definition) is 0. The van der Waals surface area contributed by atoms with E-state index in [1.807, 2.05) is 0 Å². The zero-order valence-electron chi connectivity index (χ0n) is 9.39. The molecule has 2 heterocycles. The van der Waals surface area contributed by atoms with Crippen LogP contribution in [-0.2, 0) is 4.74 Å². The van der Waals surface area contributed by atoms with Crippen LogP contribution >= 0.6 is 0 Å². The van der Waals surface area contributed by atoms with Crippen LogP contribution in [0.4, 0.5) is 5.69 Å². The maximum absolute atomic E-state index is 5.60. The summed E-state index contributed by atoms with van der Waals surface area (Å²) in [6, 6.07) is 8.40. The molecule has 2 aliphatic rings. The molecule has 0 aromatic heterocycles. The summed E-state index contributed by atoms with van der Waals surface area (Å²) in [5.41, 5.74) is 1.31. The van der Waals surface area contributed by atoms with Crippen LogP contribution in [0.5, 0.6) is 5.75 Å². The topological polar surface area (TPSA) is 25.0 Å². The van der Waals surface area contributed by atoms with Gasteiger partial charge in [0.25, 0.3) is 0 Å². The molecular weight excluding hydrogens is 202 g/mol. The zero-order valence-corrected chi connectivity index (χ0v) is 9.39. The molecule has 1 unspecified atom stereocenters. The molecule has 86 valence electrons. The van der Waals surface area contributed by atoms with Crippen molar-refractivity contribution < 1.29 is 9.47 Å². The largest absolute Gasteiger partial charge is 0.491 e. The van der Waals surface area contributed by atoms with E-state index in [1.54, 1.807) is 0 Å². The van der Waals surface area contributed by atoms with Crippen LogP contribution in [0.15, 0.2) is 24.3 Å². The third-order valence-corrected chi connectivity index (χ3v) is 3.15. The first-order valence-electron chi connectivity index (χ1n) is 6.01. The van der Waals surface area contributed by atoms with Gasteiger partial charge in [-0.05, 0) is 37.1 Å². The van der Waals surface area contributed by atoms with E-state index in [-0.39, 0.29) is 0 Å². The highest BCUT2D eigenvalue weighted by Gasteiger charge is 2.23. The number of rotatable bonds is 4. The second-order valence-corrected chi connectivity index (χ2v) is 4.45. The summed E-state index contributed by atoms with van der Waals surface area (Å²) in [5.74, 6) is 0.943. The van der Waals surface area contributed by atoms with E-state index in [1.165, 1.54) is 31.6 Å². The Morgan fingerprint density at radius 2 is 1.88 bits per heavy atom. The third kappa shape index (κ3) is 2.30. The number of hydrogen-bond acceptors (Lipinski definition) is 3. The Labute approximate surface area is 96.0 Å². The van der Waals surface area contributed by atoms with Gasteiger partial charge < -0.3 is 14.4 Å². The Hall–Kier alpha value is -1.22. The van der Waals surface area contributed by atoms with Gasteiger partial charge in [0.1, 0.15) is 18.5 Å². The fraction of sp³-hybridized carbons (Fsp3) is 0.538. The van der Waals surface area contributed by atoms with Gasteiger partial charge in [0.2, 0.25) is 0 Å². The zero-order chi connectivity index (χ0) is 10.8. The summed E-state index contributed by atoms with van der Waals surface area (Å²) in [4.78, 5) is 2.42. The molecule has 0 saturated carbocycles. The predicted octanol–water partition coefficient (Wildman–Crippen LogP) is 2.06. The van der Waals surface area contributed by atoms with E-state index in [0.29, 0.717) is 12.7 Å². The molecule has 3 nitrogen and oxygen atoms in total. The molecule has 3 rings (SSSR count). The molecule has 1 aromatic carbocycles. The number of benzene rings is 1. The third-order valence-electron chi connectivity index (χ3n) is 3.15. The minimum absolute atomic E-state index is 0.332. The van der Waals surface area contributed by atoms with Crippen molar-refractivity contribution in [2.45, 2.75) is 18.9 Å². The number of ether oxygens (including phenoxy) is 2. The van der Waals surface area contributed by atoms with E-state index in [4.69, 9.17) is 9.47 Å². The molecule has 0 aliphatic carbocycles. The Kier molecular flexibility index (Phi) is 2.70. The van der Waals surface area contributed by atoms with E-state index >= 15 is 0 Å². The van der Waals surface area contributed by atoms with Crippen molar-refractivity contribution in [3.63, 3.8) is 0 Å². The Balaban J connectivity index is 1.59. The van der Waals surface area contributed by atoms with Crippen molar-refractivity contribution in [1.82, 2.24) is 0 Å². The van der Waals surface area contributed by atoms with Gasteiger partial charge in [-0.25, -0.2) is 0 Å². The average molecular weight is 219 g/mol. The summed E-state index contributed by atoms with van der Waals surface area (Å²) >= 11 is 0. The Morgan fingerprint density at radius 1 is 1.19 bits per heavy atom. The lowest BCUT2D eigenvalue weighted by atomic mass is 10.3. The van der Waals surface area contributed by atoms with E-state index in [2.05, 4.69) is 29.2 Å². The van der Waals surface area contributed by atoms with Crippen LogP contribution in [-0.4, -0.2) is 32.4 Å². The molecule has 0 amide bonds. The molecule has 0 N–H and O–H groups in total. The molecule has 2 saturated heterocycles. The van der Waals surface area contributed by atoms with E-state index in [9.17, 15) is 0 Å². The lowest BCUT2D eigenvalue weighted by Crippen LogP contribution is -2.17. The minimum atomic E-state index is 0.332. The molecular formula is C13H17NO2. The number of epoxide rings is 1. The number of anilines is 1.